The van der Waals surface area contributed by atoms with Crippen LogP contribution in [0.25, 0.3) is 0 Å². The summed E-state index contributed by atoms with van der Waals surface area (Å²) >= 11 is 0. The molecule has 3 amide bonds. The van der Waals surface area contributed by atoms with Crippen molar-refractivity contribution in [3.05, 3.63) is 59.2 Å². The zero-order valence-corrected chi connectivity index (χ0v) is 18.8. The second-order valence-corrected chi connectivity index (χ2v) is 8.27. The van der Waals surface area contributed by atoms with Gasteiger partial charge in [-0.15, -0.1) is 0 Å². The van der Waals surface area contributed by atoms with Crippen LogP contribution >= 0.6 is 0 Å². The smallest absolute Gasteiger partial charge is 0.269 e. The molecule has 0 heterocycles. The molecular weight excluding hydrogens is 394 g/mol. The zero-order chi connectivity index (χ0) is 23.0. The number of ether oxygens (including phenoxy) is 1. The highest BCUT2D eigenvalue weighted by Crippen LogP contribution is 2.24. The Labute approximate surface area is 183 Å². The predicted octanol–water partition coefficient (Wildman–Crippen LogP) is 3.91. The maximum absolute atomic E-state index is 12.5. The van der Waals surface area contributed by atoms with Crippen molar-refractivity contribution in [1.29, 1.82) is 0 Å². The Morgan fingerprint density at radius 3 is 2.29 bits per heavy atom. The summed E-state index contributed by atoms with van der Waals surface area (Å²) in [5, 5.41) is 2.63. The van der Waals surface area contributed by atoms with E-state index in [0.717, 1.165) is 16.9 Å². The van der Waals surface area contributed by atoms with E-state index < -0.39 is 11.3 Å². The van der Waals surface area contributed by atoms with Gasteiger partial charge in [-0.1, -0.05) is 26.0 Å². The largest absolute Gasteiger partial charge is 0.493 e. The second kappa shape index (κ2) is 10.6. The molecule has 0 spiro atoms. The standard InChI is InChI=1S/C24H31N3O4/c1-16-7-8-17(2)21(15-16)31-14-6-13-24(4,5)23(30)27-26-22(29)19-9-11-20(12-10-19)25-18(3)28/h7-12,15H,6,13-14H2,1-5H3,(H,25,28)(H,26,29)(H,27,30). The summed E-state index contributed by atoms with van der Waals surface area (Å²) in [6.07, 6.45) is 1.30. The SMILES string of the molecule is CC(=O)Nc1ccc(C(=O)NNC(=O)C(C)(C)CCCOc2cc(C)ccc2C)cc1. The molecule has 0 saturated heterocycles. The monoisotopic (exact) mass is 425 g/mol. The average molecular weight is 426 g/mol. The molecule has 31 heavy (non-hydrogen) atoms. The third kappa shape index (κ3) is 7.44. The highest BCUT2D eigenvalue weighted by Gasteiger charge is 2.27. The molecule has 0 aromatic heterocycles. The maximum Gasteiger partial charge on any atom is 0.269 e. The molecule has 2 aromatic carbocycles. The van der Waals surface area contributed by atoms with Crippen LogP contribution in [0.15, 0.2) is 42.5 Å². The number of nitrogens with one attached hydrogen (secondary N) is 3. The van der Waals surface area contributed by atoms with Gasteiger partial charge in [0.1, 0.15) is 5.75 Å². The van der Waals surface area contributed by atoms with Crippen LogP contribution in [0.5, 0.6) is 5.75 Å². The van der Waals surface area contributed by atoms with Gasteiger partial charge < -0.3 is 10.1 Å². The van der Waals surface area contributed by atoms with Crippen molar-refractivity contribution in [2.24, 2.45) is 5.41 Å². The molecule has 3 N–H and O–H groups in total. The molecule has 7 nitrogen and oxygen atoms in total. The number of aryl methyl sites for hydroxylation is 2. The zero-order valence-electron chi connectivity index (χ0n) is 18.8. The van der Waals surface area contributed by atoms with Gasteiger partial charge in [-0.05, 0) is 68.1 Å². The number of amides is 3. The number of carbonyl (C=O) groups is 3. The van der Waals surface area contributed by atoms with Gasteiger partial charge in [-0.25, -0.2) is 0 Å². The fraction of sp³-hybridized carbons (Fsp3) is 0.375. The van der Waals surface area contributed by atoms with Crippen LogP contribution in [0.1, 0.15) is 55.1 Å². The minimum Gasteiger partial charge on any atom is -0.493 e. The first-order valence-corrected chi connectivity index (χ1v) is 10.3. The minimum atomic E-state index is -0.673. The van der Waals surface area contributed by atoms with E-state index in [9.17, 15) is 14.4 Å². The lowest BCUT2D eigenvalue weighted by Crippen LogP contribution is -2.47. The number of hydrogen-bond donors (Lipinski definition) is 3. The Morgan fingerprint density at radius 2 is 1.65 bits per heavy atom. The number of benzene rings is 2. The molecule has 0 bridgehead atoms. The van der Waals surface area contributed by atoms with E-state index >= 15 is 0 Å². The van der Waals surface area contributed by atoms with Crippen molar-refractivity contribution >= 4 is 23.4 Å². The van der Waals surface area contributed by atoms with Crippen molar-refractivity contribution < 1.29 is 19.1 Å². The van der Waals surface area contributed by atoms with Crippen molar-refractivity contribution in [3.63, 3.8) is 0 Å². The van der Waals surface area contributed by atoms with E-state index in [2.05, 4.69) is 16.2 Å². The summed E-state index contributed by atoms with van der Waals surface area (Å²) in [5.74, 6) is -0.0376. The van der Waals surface area contributed by atoms with Gasteiger partial charge in [0.15, 0.2) is 0 Å². The Bertz CT molecular complexity index is 936. The molecule has 2 rings (SSSR count). The molecule has 0 aliphatic carbocycles. The van der Waals surface area contributed by atoms with Crippen LogP contribution in [0.3, 0.4) is 0 Å². The van der Waals surface area contributed by atoms with Crippen LogP contribution in [0.4, 0.5) is 5.69 Å². The molecule has 0 aliphatic rings. The van der Waals surface area contributed by atoms with Gasteiger partial charge in [0.2, 0.25) is 11.8 Å². The molecule has 0 saturated carbocycles. The summed E-state index contributed by atoms with van der Waals surface area (Å²) in [4.78, 5) is 35.8. The lowest BCUT2D eigenvalue weighted by atomic mass is 9.87. The Balaban J connectivity index is 1.78. The molecule has 0 unspecified atom stereocenters. The normalized spacial score (nSPS) is 10.9. The first-order valence-electron chi connectivity index (χ1n) is 10.3. The summed E-state index contributed by atoms with van der Waals surface area (Å²) in [6, 6.07) is 12.5. The van der Waals surface area contributed by atoms with Gasteiger partial charge in [0.05, 0.1) is 6.61 Å². The van der Waals surface area contributed by atoms with Crippen LogP contribution in [-0.2, 0) is 9.59 Å². The van der Waals surface area contributed by atoms with E-state index in [4.69, 9.17) is 4.74 Å². The lowest BCUT2D eigenvalue weighted by Gasteiger charge is -2.23. The first kappa shape index (κ1) is 23.9. The van der Waals surface area contributed by atoms with Crippen LogP contribution in [0, 0.1) is 19.3 Å². The minimum absolute atomic E-state index is 0.189. The van der Waals surface area contributed by atoms with E-state index in [1.54, 1.807) is 24.3 Å². The second-order valence-electron chi connectivity index (χ2n) is 8.27. The molecule has 0 radical (unpaired) electrons. The molecule has 2 aromatic rings. The number of rotatable bonds is 8. The number of hydrazine groups is 1. The molecule has 0 atom stereocenters. The quantitative estimate of drug-likeness (QED) is 0.441. The molecular formula is C24H31N3O4. The highest BCUT2D eigenvalue weighted by atomic mass is 16.5. The van der Waals surface area contributed by atoms with E-state index in [-0.39, 0.29) is 11.8 Å². The topological polar surface area (TPSA) is 96.5 Å². The van der Waals surface area contributed by atoms with Crippen molar-refractivity contribution in [2.75, 3.05) is 11.9 Å². The van der Waals surface area contributed by atoms with E-state index in [1.165, 1.54) is 6.92 Å². The van der Waals surface area contributed by atoms with Crippen molar-refractivity contribution in [2.45, 2.75) is 47.5 Å². The first-order chi connectivity index (χ1) is 14.6. The van der Waals surface area contributed by atoms with Crippen LogP contribution in [-0.4, -0.2) is 24.3 Å². The van der Waals surface area contributed by atoms with Gasteiger partial charge in [-0.2, -0.15) is 0 Å². The van der Waals surface area contributed by atoms with Gasteiger partial charge in [-0.3, -0.25) is 25.2 Å². The fourth-order valence-corrected chi connectivity index (χ4v) is 2.94. The number of carbonyl (C=O) groups excluding carboxylic acids is 3. The highest BCUT2D eigenvalue weighted by molar-refractivity contribution is 5.96. The lowest BCUT2D eigenvalue weighted by molar-refractivity contribution is -0.130. The molecule has 0 fully saturated rings. The van der Waals surface area contributed by atoms with Gasteiger partial charge in [0.25, 0.3) is 5.91 Å². The average Bonchev–Trinajstić information content (AvgIpc) is 2.71. The van der Waals surface area contributed by atoms with Crippen molar-refractivity contribution in [1.82, 2.24) is 10.9 Å². The summed E-state index contributed by atoms with van der Waals surface area (Å²) in [7, 11) is 0. The number of hydrogen-bond acceptors (Lipinski definition) is 4. The molecule has 166 valence electrons. The summed E-state index contributed by atoms with van der Waals surface area (Å²) < 4.78 is 5.85. The fourth-order valence-electron chi connectivity index (χ4n) is 2.94. The Morgan fingerprint density at radius 1 is 0.968 bits per heavy atom. The van der Waals surface area contributed by atoms with Crippen molar-refractivity contribution in [3.8, 4) is 5.75 Å². The molecule has 7 heteroatoms. The van der Waals surface area contributed by atoms with E-state index in [0.29, 0.717) is 30.7 Å². The molecule has 0 aliphatic heterocycles. The third-order valence-corrected chi connectivity index (χ3v) is 4.92. The van der Waals surface area contributed by atoms with E-state index in [1.807, 2.05) is 45.9 Å². The predicted molar refractivity (Wildman–Crippen MR) is 121 cm³/mol. The maximum atomic E-state index is 12.5. The van der Waals surface area contributed by atoms with Crippen LogP contribution in [0.2, 0.25) is 0 Å². The van der Waals surface area contributed by atoms with Gasteiger partial charge in [0, 0.05) is 23.6 Å². The summed E-state index contributed by atoms with van der Waals surface area (Å²) in [6.45, 7) is 9.60. The summed E-state index contributed by atoms with van der Waals surface area (Å²) in [5.41, 5.74) is 7.44. The Hall–Kier alpha value is -3.35. The van der Waals surface area contributed by atoms with Gasteiger partial charge >= 0.3 is 0 Å². The number of anilines is 1. The Kier molecular flexibility index (Phi) is 8.19. The van der Waals surface area contributed by atoms with Crippen LogP contribution < -0.4 is 20.9 Å². The third-order valence-electron chi connectivity index (χ3n) is 4.92.